The number of aromatic nitrogens is 2. The monoisotopic (exact) mass is 272 g/mol. The van der Waals surface area contributed by atoms with Gasteiger partial charge >= 0.3 is 0 Å². The first-order valence-electron chi connectivity index (χ1n) is 6.87. The lowest BCUT2D eigenvalue weighted by atomic mass is 10.1. The smallest absolute Gasteiger partial charge is 0.299 e. The van der Waals surface area contributed by atoms with Crippen LogP contribution < -0.4 is 10.3 Å². The molecule has 0 unspecified atom stereocenters. The maximum atomic E-state index is 11.9. The summed E-state index contributed by atoms with van der Waals surface area (Å²) in [7, 11) is 1.54. The van der Waals surface area contributed by atoms with E-state index in [1.165, 1.54) is 5.56 Å². The van der Waals surface area contributed by atoms with Crippen molar-refractivity contribution in [3.8, 4) is 6.01 Å². The van der Waals surface area contributed by atoms with Gasteiger partial charge < -0.3 is 4.74 Å². The molecule has 1 heterocycles. The van der Waals surface area contributed by atoms with Crippen LogP contribution in [0.1, 0.15) is 24.1 Å². The van der Waals surface area contributed by atoms with Crippen LogP contribution in [0.5, 0.6) is 6.01 Å². The van der Waals surface area contributed by atoms with Gasteiger partial charge in [-0.1, -0.05) is 30.3 Å². The summed E-state index contributed by atoms with van der Waals surface area (Å²) in [6.45, 7) is 2.44. The number of ether oxygens (including phenoxy) is 1. The van der Waals surface area contributed by atoms with Gasteiger partial charge in [-0.15, -0.1) is 0 Å². The predicted molar refractivity (Wildman–Crippen MR) is 79.2 cm³/mol. The summed E-state index contributed by atoms with van der Waals surface area (Å²) in [5.74, 6) is 0. The molecular weight excluding hydrogens is 252 g/mol. The van der Waals surface area contributed by atoms with Crippen molar-refractivity contribution < 1.29 is 4.74 Å². The minimum atomic E-state index is -0.0472. The van der Waals surface area contributed by atoms with Gasteiger partial charge in [0, 0.05) is 18.3 Å². The Balaban J connectivity index is 1.93. The zero-order chi connectivity index (χ0) is 14.4. The van der Waals surface area contributed by atoms with Gasteiger partial charge in [-0.3, -0.25) is 9.36 Å². The highest BCUT2D eigenvalue weighted by Crippen LogP contribution is 2.09. The van der Waals surface area contributed by atoms with Crippen molar-refractivity contribution >= 4 is 0 Å². The van der Waals surface area contributed by atoms with Gasteiger partial charge in [-0.2, -0.15) is 0 Å². The molecule has 1 aromatic carbocycles. The number of unbranched alkanes of at least 4 members (excludes halogenated alkanes) is 1. The summed E-state index contributed by atoms with van der Waals surface area (Å²) < 4.78 is 6.77. The quantitative estimate of drug-likeness (QED) is 0.759. The molecule has 4 heteroatoms. The molecule has 0 atom stereocenters. The lowest BCUT2D eigenvalue weighted by Crippen LogP contribution is -2.22. The first-order chi connectivity index (χ1) is 9.70. The third-order valence-electron chi connectivity index (χ3n) is 3.22. The highest BCUT2D eigenvalue weighted by atomic mass is 16.5. The molecule has 0 saturated heterocycles. The average molecular weight is 272 g/mol. The van der Waals surface area contributed by atoms with E-state index in [0.717, 1.165) is 19.3 Å². The molecule has 0 amide bonds. The third kappa shape index (κ3) is 3.70. The van der Waals surface area contributed by atoms with Gasteiger partial charge in [0.05, 0.1) is 7.11 Å². The molecule has 106 valence electrons. The van der Waals surface area contributed by atoms with Crippen molar-refractivity contribution in [3.63, 3.8) is 0 Å². The Bertz CT molecular complexity index is 606. The largest absolute Gasteiger partial charge is 0.468 e. The van der Waals surface area contributed by atoms with Crippen LogP contribution in [0.2, 0.25) is 0 Å². The van der Waals surface area contributed by atoms with E-state index in [-0.39, 0.29) is 5.56 Å². The Hall–Kier alpha value is -2.10. The first-order valence-corrected chi connectivity index (χ1v) is 6.87. The summed E-state index contributed by atoms with van der Waals surface area (Å²) in [4.78, 5) is 16.2. The van der Waals surface area contributed by atoms with Crippen LogP contribution >= 0.6 is 0 Å². The Morgan fingerprint density at radius 2 is 1.95 bits per heavy atom. The third-order valence-corrected chi connectivity index (χ3v) is 3.22. The van der Waals surface area contributed by atoms with Crippen molar-refractivity contribution in [1.82, 2.24) is 9.55 Å². The molecule has 0 N–H and O–H groups in total. The second kappa shape index (κ2) is 6.89. The fraction of sp³-hybridized carbons (Fsp3) is 0.375. The topological polar surface area (TPSA) is 44.1 Å². The number of hydrogen-bond donors (Lipinski definition) is 0. The van der Waals surface area contributed by atoms with Gasteiger partial charge in [0.2, 0.25) is 0 Å². The lowest BCUT2D eigenvalue weighted by Gasteiger charge is -2.10. The van der Waals surface area contributed by atoms with Gasteiger partial charge in [0.15, 0.2) is 0 Å². The Morgan fingerprint density at radius 1 is 1.20 bits per heavy atom. The first kappa shape index (κ1) is 14.3. The molecule has 0 bridgehead atoms. The molecule has 0 saturated carbocycles. The van der Waals surface area contributed by atoms with Crippen LogP contribution in [0.3, 0.4) is 0 Å². The molecule has 0 spiro atoms. The lowest BCUT2D eigenvalue weighted by molar-refractivity contribution is 0.341. The van der Waals surface area contributed by atoms with Crippen LogP contribution in [0.4, 0.5) is 0 Å². The van der Waals surface area contributed by atoms with Crippen LogP contribution in [0.15, 0.2) is 41.2 Å². The average Bonchev–Trinajstić information content (AvgIpc) is 2.45. The van der Waals surface area contributed by atoms with Crippen molar-refractivity contribution in [2.45, 2.75) is 32.7 Å². The van der Waals surface area contributed by atoms with E-state index in [0.29, 0.717) is 18.2 Å². The highest BCUT2D eigenvalue weighted by Gasteiger charge is 2.06. The summed E-state index contributed by atoms with van der Waals surface area (Å²) in [5.41, 5.74) is 1.97. The Kier molecular flexibility index (Phi) is 4.93. The highest BCUT2D eigenvalue weighted by molar-refractivity contribution is 5.14. The van der Waals surface area contributed by atoms with E-state index in [1.54, 1.807) is 24.7 Å². The van der Waals surface area contributed by atoms with E-state index < -0.39 is 0 Å². The van der Waals surface area contributed by atoms with Gasteiger partial charge in [-0.05, 0) is 31.7 Å². The molecule has 0 fully saturated rings. The van der Waals surface area contributed by atoms with E-state index in [4.69, 9.17) is 4.74 Å². The van der Waals surface area contributed by atoms with Crippen molar-refractivity contribution in [2.24, 2.45) is 0 Å². The second-order valence-corrected chi connectivity index (χ2v) is 4.82. The number of hydrogen-bond acceptors (Lipinski definition) is 3. The van der Waals surface area contributed by atoms with E-state index in [1.807, 2.05) is 18.2 Å². The van der Waals surface area contributed by atoms with Crippen molar-refractivity contribution in [1.29, 1.82) is 0 Å². The van der Waals surface area contributed by atoms with Crippen LogP contribution in [-0.2, 0) is 13.0 Å². The molecule has 0 aliphatic carbocycles. The molecule has 20 heavy (non-hydrogen) atoms. The minimum Gasteiger partial charge on any atom is -0.468 e. The maximum absolute atomic E-state index is 11.9. The van der Waals surface area contributed by atoms with Crippen LogP contribution in [0.25, 0.3) is 0 Å². The summed E-state index contributed by atoms with van der Waals surface area (Å²) in [5, 5.41) is 0. The Morgan fingerprint density at radius 3 is 2.65 bits per heavy atom. The van der Waals surface area contributed by atoms with E-state index >= 15 is 0 Å². The van der Waals surface area contributed by atoms with E-state index in [2.05, 4.69) is 17.1 Å². The molecule has 1 aromatic heterocycles. The SMILES string of the molecule is COc1nc(C)cc(=O)n1CCCCc1ccccc1. The minimum absolute atomic E-state index is 0.0472. The molecule has 2 rings (SSSR count). The van der Waals surface area contributed by atoms with Crippen molar-refractivity contribution in [3.05, 3.63) is 58.0 Å². The number of nitrogens with zero attached hydrogens (tertiary/aromatic N) is 2. The molecule has 2 aromatic rings. The molecule has 0 aliphatic heterocycles. The number of benzene rings is 1. The molecule has 4 nitrogen and oxygen atoms in total. The van der Waals surface area contributed by atoms with Crippen LogP contribution in [-0.4, -0.2) is 16.7 Å². The number of methoxy groups -OCH3 is 1. The number of aryl methyl sites for hydroxylation is 2. The molecular formula is C16H20N2O2. The van der Waals surface area contributed by atoms with Gasteiger partial charge in [0.1, 0.15) is 0 Å². The van der Waals surface area contributed by atoms with E-state index in [9.17, 15) is 4.79 Å². The fourth-order valence-electron chi connectivity index (χ4n) is 2.20. The fourth-order valence-corrected chi connectivity index (χ4v) is 2.20. The standard InChI is InChI=1S/C16H20N2O2/c1-13-12-15(19)18(16(17-13)20-2)11-7-6-10-14-8-4-3-5-9-14/h3-5,8-9,12H,6-7,10-11H2,1-2H3. The Labute approximate surface area is 119 Å². The summed E-state index contributed by atoms with van der Waals surface area (Å²) >= 11 is 0. The zero-order valence-electron chi connectivity index (χ0n) is 12.0. The molecule has 0 radical (unpaired) electrons. The predicted octanol–water partition coefficient (Wildman–Crippen LogP) is 2.58. The van der Waals surface area contributed by atoms with Crippen molar-refractivity contribution in [2.75, 3.05) is 7.11 Å². The maximum Gasteiger partial charge on any atom is 0.299 e. The molecule has 0 aliphatic rings. The summed E-state index contributed by atoms with van der Waals surface area (Å²) in [6, 6.07) is 12.3. The normalized spacial score (nSPS) is 10.5. The zero-order valence-corrected chi connectivity index (χ0v) is 12.0. The van der Waals surface area contributed by atoms with Crippen LogP contribution in [0, 0.1) is 6.92 Å². The van der Waals surface area contributed by atoms with Gasteiger partial charge in [-0.25, -0.2) is 4.98 Å². The van der Waals surface area contributed by atoms with Gasteiger partial charge in [0.25, 0.3) is 11.6 Å². The summed E-state index contributed by atoms with van der Waals surface area (Å²) in [6.07, 6.45) is 2.99. The second-order valence-electron chi connectivity index (χ2n) is 4.82. The number of rotatable bonds is 6.